The van der Waals surface area contributed by atoms with Gasteiger partial charge in [0.25, 0.3) is 5.91 Å². The summed E-state index contributed by atoms with van der Waals surface area (Å²) in [4.78, 5) is 26.1. The van der Waals surface area contributed by atoms with Crippen LogP contribution in [-0.4, -0.2) is 23.5 Å². The number of aromatic nitrogens is 1. The van der Waals surface area contributed by atoms with Crippen molar-refractivity contribution in [1.82, 2.24) is 9.88 Å². The van der Waals surface area contributed by atoms with Crippen molar-refractivity contribution in [3.8, 4) is 5.75 Å². The monoisotopic (exact) mass is 446 g/mol. The Balaban J connectivity index is 1.69. The Morgan fingerprint density at radius 2 is 1.72 bits per heavy atom. The van der Waals surface area contributed by atoms with Crippen molar-refractivity contribution in [2.24, 2.45) is 0 Å². The summed E-state index contributed by atoms with van der Waals surface area (Å²) >= 11 is 5.98. The highest BCUT2D eigenvalue weighted by atomic mass is 35.5. The summed E-state index contributed by atoms with van der Waals surface area (Å²) in [6, 6.07) is 22.1. The van der Waals surface area contributed by atoms with Gasteiger partial charge in [-0.3, -0.25) is 14.2 Å². The largest absolute Gasteiger partial charge is 0.497 e. The van der Waals surface area contributed by atoms with Gasteiger partial charge in [-0.1, -0.05) is 41.9 Å². The van der Waals surface area contributed by atoms with Gasteiger partial charge in [0.2, 0.25) is 5.91 Å². The number of benzene rings is 3. The molecule has 1 heterocycles. The number of fused-ring (bicyclic) bond motifs is 1. The maximum atomic E-state index is 13.3. The summed E-state index contributed by atoms with van der Waals surface area (Å²) in [5.41, 5.74) is 3.80. The third-order valence-electron chi connectivity index (χ3n) is 5.51. The molecule has 0 spiro atoms. The quantitative estimate of drug-likeness (QED) is 0.445. The van der Waals surface area contributed by atoms with Crippen LogP contribution in [0.15, 0.2) is 72.8 Å². The van der Waals surface area contributed by atoms with Gasteiger partial charge in [0.15, 0.2) is 0 Å². The Hall–Kier alpha value is -3.57. The Morgan fingerprint density at radius 1 is 1.00 bits per heavy atom. The lowest BCUT2D eigenvalue weighted by molar-refractivity contribution is -0.120. The minimum Gasteiger partial charge on any atom is -0.497 e. The second-order valence-corrected chi connectivity index (χ2v) is 7.97. The number of hydrogen-bond acceptors (Lipinski definition) is 3. The number of rotatable bonds is 6. The van der Waals surface area contributed by atoms with Gasteiger partial charge in [-0.25, -0.2) is 0 Å². The molecular formula is C26H23ClN2O3. The van der Waals surface area contributed by atoms with Gasteiger partial charge in [0.1, 0.15) is 5.75 Å². The molecule has 0 atom stereocenters. The number of ether oxygens (including phenoxy) is 1. The lowest BCUT2D eigenvalue weighted by atomic mass is 10.1. The van der Waals surface area contributed by atoms with Crippen molar-refractivity contribution in [2.75, 3.05) is 7.11 Å². The molecule has 32 heavy (non-hydrogen) atoms. The van der Waals surface area contributed by atoms with E-state index >= 15 is 0 Å². The van der Waals surface area contributed by atoms with Gasteiger partial charge in [0, 0.05) is 28.2 Å². The number of carbonyl (C=O) groups is 2. The Labute approximate surface area is 191 Å². The van der Waals surface area contributed by atoms with Gasteiger partial charge in [-0.05, 0) is 60.5 Å². The second-order valence-electron chi connectivity index (χ2n) is 7.53. The first-order chi connectivity index (χ1) is 15.5. The second kappa shape index (κ2) is 9.28. The van der Waals surface area contributed by atoms with E-state index in [0.717, 1.165) is 27.7 Å². The topological polar surface area (TPSA) is 60.3 Å². The number of halogens is 1. The van der Waals surface area contributed by atoms with Gasteiger partial charge in [0.05, 0.1) is 19.0 Å². The van der Waals surface area contributed by atoms with E-state index in [1.807, 2.05) is 55.5 Å². The first kappa shape index (κ1) is 21.7. The molecule has 0 aliphatic heterocycles. The summed E-state index contributed by atoms with van der Waals surface area (Å²) in [7, 11) is 1.59. The minimum atomic E-state index is -0.176. The van der Waals surface area contributed by atoms with Crippen molar-refractivity contribution in [3.63, 3.8) is 0 Å². The summed E-state index contributed by atoms with van der Waals surface area (Å²) in [5, 5.41) is 4.35. The zero-order valence-corrected chi connectivity index (χ0v) is 18.6. The van der Waals surface area contributed by atoms with Gasteiger partial charge in [-0.15, -0.1) is 0 Å². The number of nitrogens with one attached hydrogen (secondary N) is 1. The predicted octanol–water partition coefficient (Wildman–Crippen LogP) is 5.16. The SMILES string of the molecule is COc1ccc2c(c1)c(CC(=O)NCc1ccccc1)c(C)n2C(=O)c1ccc(Cl)cc1. The third-order valence-corrected chi connectivity index (χ3v) is 5.76. The van der Waals surface area contributed by atoms with Crippen LogP contribution in [0.3, 0.4) is 0 Å². The summed E-state index contributed by atoms with van der Waals surface area (Å²) in [6.45, 7) is 2.31. The molecule has 6 heteroatoms. The number of methoxy groups -OCH3 is 1. The van der Waals surface area contributed by atoms with E-state index in [-0.39, 0.29) is 18.2 Å². The van der Waals surface area contributed by atoms with Crippen molar-refractivity contribution in [3.05, 3.63) is 100 Å². The standard InChI is InChI=1S/C26H23ClN2O3/c1-17-22(15-25(30)28-16-18-6-4-3-5-7-18)23-14-21(32-2)12-13-24(23)29(17)26(31)19-8-10-20(27)11-9-19/h3-14H,15-16H2,1-2H3,(H,28,30). The fraction of sp³-hybridized carbons (Fsp3) is 0.154. The van der Waals surface area contributed by atoms with E-state index in [2.05, 4.69) is 5.32 Å². The molecule has 4 rings (SSSR count). The maximum Gasteiger partial charge on any atom is 0.262 e. The molecule has 0 aliphatic rings. The highest BCUT2D eigenvalue weighted by Gasteiger charge is 2.22. The summed E-state index contributed by atoms with van der Waals surface area (Å²) < 4.78 is 7.04. The van der Waals surface area contributed by atoms with E-state index in [1.54, 1.807) is 35.9 Å². The van der Waals surface area contributed by atoms with Crippen molar-refractivity contribution >= 4 is 34.3 Å². The fourth-order valence-electron chi connectivity index (χ4n) is 3.82. The van der Waals surface area contributed by atoms with Crippen molar-refractivity contribution in [2.45, 2.75) is 19.9 Å². The van der Waals surface area contributed by atoms with E-state index in [0.29, 0.717) is 22.9 Å². The fourth-order valence-corrected chi connectivity index (χ4v) is 3.94. The van der Waals surface area contributed by atoms with E-state index < -0.39 is 0 Å². The van der Waals surface area contributed by atoms with Crippen LogP contribution < -0.4 is 10.1 Å². The third kappa shape index (κ3) is 4.39. The zero-order valence-electron chi connectivity index (χ0n) is 17.9. The average molecular weight is 447 g/mol. The molecule has 0 unspecified atom stereocenters. The Morgan fingerprint density at radius 3 is 2.41 bits per heavy atom. The molecule has 3 aromatic carbocycles. The smallest absolute Gasteiger partial charge is 0.262 e. The zero-order chi connectivity index (χ0) is 22.7. The van der Waals surface area contributed by atoms with Crippen LogP contribution >= 0.6 is 11.6 Å². The highest BCUT2D eigenvalue weighted by Crippen LogP contribution is 2.31. The molecule has 1 amide bonds. The molecular weight excluding hydrogens is 424 g/mol. The Bertz CT molecular complexity index is 1280. The molecule has 1 N–H and O–H groups in total. The first-order valence-corrected chi connectivity index (χ1v) is 10.6. The van der Waals surface area contributed by atoms with Gasteiger partial charge >= 0.3 is 0 Å². The molecule has 4 aromatic rings. The molecule has 0 bridgehead atoms. The number of hydrogen-bond donors (Lipinski definition) is 1. The van der Waals surface area contributed by atoms with Crippen LogP contribution in [0, 0.1) is 6.92 Å². The highest BCUT2D eigenvalue weighted by molar-refractivity contribution is 6.30. The van der Waals surface area contributed by atoms with E-state index in [1.165, 1.54) is 0 Å². The molecule has 0 aliphatic carbocycles. The maximum absolute atomic E-state index is 13.3. The van der Waals surface area contributed by atoms with Crippen LogP contribution in [0.2, 0.25) is 5.02 Å². The molecule has 0 fully saturated rings. The van der Waals surface area contributed by atoms with Crippen LogP contribution in [0.4, 0.5) is 0 Å². The summed E-state index contributed by atoms with van der Waals surface area (Å²) in [6.07, 6.45) is 0.156. The summed E-state index contributed by atoms with van der Waals surface area (Å²) in [5.74, 6) is 0.377. The Kier molecular flexibility index (Phi) is 6.28. The lowest BCUT2D eigenvalue weighted by Gasteiger charge is -2.08. The van der Waals surface area contributed by atoms with Gasteiger partial charge < -0.3 is 10.1 Å². The van der Waals surface area contributed by atoms with Crippen LogP contribution in [0.5, 0.6) is 5.75 Å². The molecule has 0 saturated heterocycles. The average Bonchev–Trinajstić information content (AvgIpc) is 3.08. The minimum absolute atomic E-state index is 0.113. The van der Waals surface area contributed by atoms with E-state index in [9.17, 15) is 9.59 Å². The first-order valence-electron chi connectivity index (χ1n) is 10.3. The van der Waals surface area contributed by atoms with Crippen LogP contribution in [0.25, 0.3) is 10.9 Å². The van der Waals surface area contributed by atoms with Crippen molar-refractivity contribution < 1.29 is 14.3 Å². The lowest BCUT2D eigenvalue weighted by Crippen LogP contribution is -2.25. The number of carbonyl (C=O) groups excluding carboxylic acids is 2. The molecule has 5 nitrogen and oxygen atoms in total. The number of nitrogens with zero attached hydrogens (tertiary/aromatic N) is 1. The normalized spacial score (nSPS) is 10.8. The van der Waals surface area contributed by atoms with Gasteiger partial charge in [-0.2, -0.15) is 0 Å². The molecule has 162 valence electrons. The molecule has 0 saturated carbocycles. The molecule has 0 radical (unpaired) electrons. The number of amides is 1. The molecule has 1 aromatic heterocycles. The van der Waals surface area contributed by atoms with Crippen molar-refractivity contribution in [1.29, 1.82) is 0 Å². The predicted molar refractivity (Wildman–Crippen MR) is 126 cm³/mol. The van der Waals surface area contributed by atoms with E-state index in [4.69, 9.17) is 16.3 Å². The van der Waals surface area contributed by atoms with Crippen LogP contribution in [-0.2, 0) is 17.8 Å². The van der Waals surface area contributed by atoms with Crippen LogP contribution in [0.1, 0.15) is 27.2 Å².